The highest BCUT2D eigenvalue weighted by molar-refractivity contribution is 5.52. The molecule has 0 heterocycles. The van der Waals surface area contributed by atoms with Gasteiger partial charge in [-0.2, -0.15) is 5.26 Å². The van der Waals surface area contributed by atoms with Crippen LogP contribution in [0.3, 0.4) is 0 Å². The first-order valence-electron chi connectivity index (χ1n) is 5.45. The Morgan fingerprint density at radius 1 is 1.20 bits per heavy atom. The van der Waals surface area contributed by atoms with E-state index in [1.54, 1.807) is 7.11 Å². The van der Waals surface area contributed by atoms with E-state index < -0.39 is 0 Å². The first kappa shape index (κ1) is 10.0. The molecule has 0 atom stereocenters. The number of nitrogens with zero attached hydrogens (tertiary/aromatic N) is 1. The average Bonchev–Trinajstić information content (AvgIpc) is 2.52. The lowest BCUT2D eigenvalue weighted by atomic mass is 9.97. The Morgan fingerprint density at radius 3 is 2.73 bits per heavy atom. The highest BCUT2D eigenvalue weighted by Gasteiger charge is 2.15. The Hall–Kier alpha value is -1.49. The average molecular weight is 201 g/mol. The second kappa shape index (κ2) is 4.35. The van der Waals surface area contributed by atoms with Crippen LogP contribution in [0.15, 0.2) is 12.1 Å². The van der Waals surface area contributed by atoms with Crippen molar-refractivity contribution in [1.29, 1.82) is 5.26 Å². The van der Waals surface area contributed by atoms with Gasteiger partial charge in [0.2, 0.25) is 0 Å². The number of hydrogen-bond acceptors (Lipinski definition) is 2. The second-order valence-electron chi connectivity index (χ2n) is 3.95. The molecule has 2 rings (SSSR count). The highest BCUT2D eigenvalue weighted by atomic mass is 16.5. The van der Waals surface area contributed by atoms with Crippen LogP contribution in [-0.2, 0) is 12.8 Å². The van der Waals surface area contributed by atoms with Gasteiger partial charge in [0.05, 0.1) is 12.7 Å². The second-order valence-corrected chi connectivity index (χ2v) is 3.95. The molecule has 0 aromatic heterocycles. The van der Waals surface area contributed by atoms with Crippen LogP contribution in [0.4, 0.5) is 0 Å². The molecule has 15 heavy (non-hydrogen) atoms. The van der Waals surface area contributed by atoms with Gasteiger partial charge in [-0.1, -0.05) is 12.5 Å². The Morgan fingerprint density at radius 2 is 2.00 bits per heavy atom. The third-order valence-electron chi connectivity index (χ3n) is 3.08. The van der Waals surface area contributed by atoms with Crippen molar-refractivity contribution in [2.24, 2.45) is 0 Å². The van der Waals surface area contributed by atoms with E-state index >= 15 is 0 Å². The summed E-state index contributed by atoms with van der Waals surface area (Å²) in [6.07, 6.45) is 5.82. The van der Waals surface area contributed by atoms with E-state index in [0.29, 0.717) is 0 Å². The van der Waals surface area contributed by atoms with Gasteiger partial charge in [-0.15, -0.1) is 0 Å². The molecule has 0 N–H and O–H groups in total. The molecule has 0 radical (unpaired) electrons. The molecule has 1 aromatic carbocycles. The van der Waals surface area contributed by atoms with Crippen molar-refractivity contribution in [3.63, 3.8) is 0 Å². The standard InChI is InChI=1S/C13H15NO/c1-15-13-8-7-10-5-3-2-4-6-11(10)12(13)9-14/h7-8H,2-6H2,1H3. The van der Waals surface area contributed by atoms with Gasteiger partial charge in [-0.3, -0.25) is 0 Å². The van der Waals surface area contributed by atoms with Crippen molar-refractivity contribution in [2.45, 2.75) is 32.1 Å². The van der Waals surface area contributed by atoms with Gasteiger partial charge in [0.1, 0.15) is 11.8 Å². The Bertz CT molecular complexity index is 404. The van der Waals surface area contributed by atoms with E-state index in [-0.39, 0.29) is 0 Å². The van der Waals surface area contributed by atoms with Crippen LogP contribution in [0.2, 0.25) is 0 Å². The Balaban J connectivity index is 2.53. The molecule has 2 heteroatoms. The SMILES string of the molecule is COc1ccc2c(c1C#N)CCCCC2. The summed E-state index contributed by atoms with van der Waals surface area (Å²) in [5.41, 5.74) is 3.30. The van der Waals surface area contributed by atoms with Gasteiger partial charge in [0, 0.05) is 0 Å². The van der Waals surface area contributed by atoms with Gasteiger partial charge >= 0.3 is 0 Å². The molecule has 0 bridgehead atoms. The normalized spacial score (nSPS) is 14.9. The van der Waals surface area contributed by atoms with Gasteiger partial charge in [0.15, 0.2) is 0 Å². The summed E-state index contributed by atoms with van der Waals surface area (Å²) in [6.45, 7) is 0. The zero-order valence-corrected chi connectivity index (χ0v) is 9.05. The predicted octanol–water partition coefficient (Wildman–Crippen LogP) is 2.84. The number of aryl methyl sites for hydroxylation is 1. The maximum atomic E-state index is 9.17. The minimum atomic E-state index is 0.721. The number of hydrogen-bond donors (Lipinski definition) is 0. The van der Waals surface area contributed by atoms with Crippen LogP contribution in [-0.4, -0.2) is 7.11 Å². The minimum absolute atomic E-state index is 0.721. The lowest BCUT2D eigenvalue weighted by Gasteiger charge is -2.11. The zero-order chi connectivity index (χ0) is 10.7. The van der Waals surface area contributed by atoms with E-state index in [0.717, 1.165) is 24.2 Å². The maximum absolute atomic E-state index is 9.17. The summed E-state index contributed by atoms with van der Waals surface area (Å²) in [4.78, 5) is 0. The van der Waals surface area contributed by atoms with Crippen molar-refractivity contribution in [1.82, 2.24) is 0 Å². The smallest absolute Gasteiger partial charge is 0.136 e. The van der Waals surface area contributed by atoms with Gasteiger partial charge in [0.25, 0.3) is 0 Å². The van der Waals surface area contributed by atoms with Crippen molar-refractivity contribution < 1.29 is 4.74 Å². The van der Waals surface area contributed by atoms with Crippen molar-refractivity contribution in [3.05, 3.63) is 28.8 Å². The number of benzene rings is 1. The highest BCUT2D eigenvalue weighted by Crippen LogP contribution is 2.29. The Kier molecular flexibility index (Phi) is 2.91. The van der Waals surface area contributed by atoms with Crippen LogP contribution in [0, 0.1) is 11.3 Å². The lowest BCUT2D eigenvalue weighted by Crippen LogP contribution is -1.98. The van der Waals surface area contributed by atoms with Crippen molar-refractivity contribution >= 4 is 0 Å². The molecule has 0 saturated heterocycles. The molecule has 78 valence electrons. The first-order valence-corrected chi connectivity index (χ1v) is 5.45. The summed E-state index contributed by atoms with van der Waals surface area (Å²) in [5.74, 6) is 0.721. The third kappa shape index (κ3) is 1.83. The van der Waals surface area contributed by atoms with E-state index in [1.807, 2.05) is 6.07 Å². The van der Waals surface area contributed by atoms with Crippen LogP contribution in [0.1, 0.15) is 36.0 Å². The number of nitriles is 1. The quantitative estimate of drug-likeness (QED) is 0.654. The predicted molar refractivity (Wildman–Crippen MR) is 59.0 cm³/mol. The first-order chi connectivity index (χ1) is 7.36. The molecule has 0 spiro atoms. The van der Waals surface area contributed by atoms with Crippen LogP contribution in [0.5, 0.6) is 5.75 Å². The fourth-order valence-electron chi connectivity index (χ4n) is 2.28. The minimum Gasteiger partial charge on any atom is -0.495 e. The fourth-order valence-corrected chi connectivity index (χ4v) is 2.28. The van der Waals surface area contributed by atoms with E-state index in [4.69, 9.17) is 10.00 Å². The third-order valence-corrected chi connectivity index (χ3v) is 3.08. The molecule has 0 fully saturated rings. The largest absolute Gasteiger partial charge is 0.495 e. The molecule has 0 saturated carbocycles. The van der Waals surface area contributed by atoms with Crippen LogP contribution < -0.4 is 4.74 Å². The number of fused-ring (bicyclic) bond motifs is 1. The van der Waals surface area contributed by atoms with E-state index in [9.17, 15) is 0 Å². The number of ether oxygens (including phenoxy) is 1. The van der Waals surface area contributed by atoms with E-state index in [2.05, 4.69) is 12.1 Å². The van der Waals surface area contributed by atoms with Gasteiger partial charge < -0.3 is 4.74 Å². The number of methoxy groups -OCH3 is 1. The molecule has 1 aliphatic carbocycles. The molecule has 1 aromatic rings. The maximum Gasteiger partial charge on any atom is 0.136 e. The summed E-state index contributed by atoms with van der Waals surface area (Å²) in [6, 6.07) is 6.31. The fraction of sp³-hybridized carbons (Fsp3) is 0.462. The molecular formula is C13H15NO. The van der Waals surface area contributed by atoms with E-state index in [1.165, 1.54) is 30.4 Å². The zero-order valence-electron chi connectivity index (χ0n) is 9.05. The van der Waals surface area contributed by atoms with Gasteiger partial charge in [-0.25, -0.2) is 0 Å². The molecule has 0 unspecified atom stereocenters. The topological polar surface area (TPSA) is 33.0 Å². The summed E-state index contributed by atoms with van der Waals surface area (Å²) < 4.78 is 5.22. The van der Waals surface area contributed by atoms with Crippen LogP contribution >= 0.6 is 0 Å². The van der Waals surface area contributed by atoms with Crippen molar-refractivity contribution in [3.8, 4) is 11.8 Å². The molecular weight excluding hydrogens is 186 g/mol. The van der Waals surface area contributed by atoms with Gasteiger partial charge in [-0.05, 0) is 42.9 Å². The number of rotatable bonds is 1. The molecule has 0 aliphatic heterocycles. The van der Waals surface area contributed by atoms with Crippen molar-refractivity contribution in [2.75, 3.05) is 7.11 Å². The Labute approximate surface area is 90.5 Å². The summed E-state index contributed by atoms with van der Waals surface area (Å²) >= 11 is 0. The lowest BCUT2D eigenvalue weighted by molar-refractivity contribution is 0.412. The molecule has 0 amide bonds. The monoisotopic (exact) mass is 201 g/mol. The molecule has 1 aliphatic rings. The summed E-state index contributed by atoms with van der Waals surface area (Å²) in [5, 5.41) is 9.17. The van der Waals surface area contributed by atoms with Crippen LogP contribution in [0.25, 0.3) is 0 Å². The molecule has 2 nitrogen and oxygen atoms in total. The summed E-state index contributed by atoms with van der Waals surface area (Å²) in [7, 11) is 1.62.